The molecule has 2 aromatic heterocycles. The summed E-state index contributed by atoms with van der Waals surface area (Å²) < 4.78 is 97.7. The number of carbonyl (C=O) groups is 3. The topological polar surface area (TPSA) is 145 Å². The van der Waals surface area contributed by atoms with Crippen molar-refractivity contribution in [2.45, 2.75) is 50.0 Å². The molecular weight excluding hydrogens is 679 g/mol. The first-order valence-corrected chi connectivity index (χ1v) is 14.1. The maximum Gasteiger partial charge on any atom is 0.490 e. The highest BCUT2D eigenvalue weighted by molar-refractivity contribution is 7.07. The number of alkyl halides is 9. The van der Waals surface area contributed by atoms with Gasteiger partial charge in [0.25, 0.3) is 0 Å². The molecule has 1 fully saturated rings. The summed E-state index contributed by atoms with van der Waals surface area (Å²) >= 11 is 1.79. The lowest BCUT2D eigenvalue weighted by atomic mass is 9.85. The molecule has 47 heavy (non-hydrogen) atoms. The zero-order valence-corrected chi connectivity index (χ0v) is 24.7. The molecule has 4 heterocycles. The number of aliphatic carboxylic acids is 3. The summed E-state index contributed by atoms with van der Waals surface area (Å²) in [5, 5.41) is 29.6. The van der Waals surface area contributed by atoms with Crippen molar-refractivity contribution in [1.82, 2.24) is 19.8 Å². The van der Waals surface area contributed by atoms with Crippen molar-refractivity contribution >= 4 is 29.2 Å². The number of benzene rings is 1. The number of piperidine rings is 1. The van der Waals surface area contributed by atoms with Gasteiger partial charge in [0.15, 0.2) is 0 Å². The van der Waals surface area contributed by atoms with Gasteiger partial charge in [-0.05, 0) is 40.8 Å². The monoisotopic (exact) mass is 706 g/mol. The first-order chi connectivity index (χ1) is 21.7. The van der Waals surface area contributed by atoms with Gasteiger partial charge >= 0.3 is 36.4 Å². The molecule has 0 bridgehead atoms. The molecule has 260 valence electrons. The summed E-state index contributed by atoms with van der Waals surface area (Å²) in [6.45, 7) is 5.34. The summed E-state index contributed by atoms with van der Waals surface area (Å²) in [6.07, 6.45) is -10.9. The molecule has 3 aromatic rings. The maximum atomic E-state index is 10.6. The highest BCUT2D eigenvalue weighted by Crippen LogP contribution is 2.37. The van der Waals surface area contributed by atoms with E-state index in [1.807, 2.05) is 0 Å². The number of thiophene rings is 1. The van der Waals surface area contributed by atoms with E-state index < -0.39 is 36.4 Å². The van der Waals surface area contributed by atoms with Gasteiger partial charge in [-0.1, -0.05) is 30.3 Å². The van der Waals surface area contributed by atoms with Crippen molar-refractivity contribution in [3.63, 3.8) is 0 Å². The Morgan fingerprint density at radius 1 is 0.809 bits per heavy atom. The number of carboxylic acids is 3. The van der Waals surface area contributed by atoms with Crippen LogP contribution in [0.3, 0.4) is 0 Å². The van der Waals surface area contributed by atoms with Gasteiger partial charge in [-0.15, -0.1) is 0 Å². The van der Waals surface area contributed by atoms with Crippen molar-refractivity contribution < 1.29 is 69.2 Å². The van der Waals surface area contributed by atoms with Crippen LogP contribution < -0.4 is 5.32 Å². The number of nitrogens with one attached hydrogen (secondary N) is 1. The van der Waals surface area contributed by atoms with E-state index in [9.17, 15) is 39.5 Å². The van der Waals surface area contributed by atoms with Crippen molar-refractivity contribution in [3.8, 4) is 11.3 Å². The molecule has 1 saturated heterocycles. The van der Waals surface area contributed by atoms with Gasteiger partial charge in [-0.3, -0.25) is 4.90 Å². The Kier molecular flexibility index (Phi) is 13.4. The molecule has 20 heteroatoms. The number of fused-ring (bicyclic) bond motifs is 2. The Bertz CT molecular complexity index is 1390. The van der Waals surface area contributed by atoms with Crippen molar-refractivity contribution in [3.05, 3.63) is 64.7 Å². The molecule has 0 aliphatic carbocycles. The molecule has 0 radical (unpaired) electrons. The lowest BCUT2D eigenvalue weighted by Gasteiger charge is -2.44. The van der Waals surface area contributed by atoms with Gasteiger partial charge < -0.3 is 25.2 Å². The summed E-state index contributed by atoms with van der Waals surface area (Å²) in [7, 11) is 0. The summed E-state index contributed by atoms with van der Waals surface area (Å²) in [6, 6.07) is 12.9. The zero-order chi connectivity index (χ0) is 35.6. The van der Waals surface area contributed by atoms with E-state index in [0.717, 1.165) is 45.6 Å². The first-order valence-electron chi connectivity index (χ1n) is 13.2. The van der Waals surface area contributed by atoms with E-state index >= 15 is 0 Å². The van der Waals surface area contributed by atoms with E-state index in [4.69, 9.17) is 34.7 Å². The molecule has 2 aliphatic rings. The first kappa shape index (κ1) is 39.0. The molecule has 0 amide bonds. The SMILES string of the molecule is O=C(O)C(F)(F)F.O=C(O)C(F)(F)F.O=C(O)C(F)(F)F.c1ccc(-c2cnc3n2CCNC32CCN(Cc3ccsc3)CC2)cc1. The zero-order valence-electron chi connectivity index (χ0n) is 23.9. The molecule has 1 aromatic carbocycles. The van der Waals surface area contributed by atoms with Crippen molar-refractivity contribution in [2.75, 3.05) is 19.6 Å². The second-order valence-electron chi connectivity index (χ2n) is 9.81. The van der Waals surface area contributed by atoms with E-state index in [2.05, 4.69) is 68.1 Å². The Hall–Kier alpha value is -4.17. The standard InChI is InChI=1S/C21H24N4S.3C2HF3O2/c1-2-4-18(5-3-1)19-14-22-20-21(23-9-12-25(19)20)7-10-24(11-8-21)15-17-6-13-26-16-17;3*3-2(4,5)1(6)7/h1-6,13-14,16,23H,7-12,15H2;3*(H,6,7). The number of imidazole rings is 1. The predicted molar refractivity (Wildman–Crippen MR) is 147 cm³/mol. The number of nitrogens with zero attached hydrogens (tertiary/aromatic N) is 3. The van der Waals surface area contributed by atoms with Crippen LogP contribution in [0.2, 0.25) is 0 Å². The molecule has 0 saturated carbocycles. The van der Waals surface area contributed by atoms with Crippen LogP contribution in [0.25, 0.3) is 11.3 Å². The van der Waals surface area contributed by atoms with Crippen LogP contribution in [0.15, 0.2) is 53.4 Å². The molecule has 2 aliphatic heterocycles. The third-order valence-corrected chi connectivity index (χ3v) is 7.31. The Morgan fingerprint density at radius 3 is 1.72 bits per heavy atom. The largest absolute Gasteiger partial charge is 0.490 e. The average Bonchev–Trinajstić information content (AvgIpc) is 3.65. The Balaban J connectivity index is 0.000000301. The van der Waals surface area contributed by atoms with E-state index in [-0.39, 0.29) is 5.54 Å². The van der Waals surface area contributed by atoms with Gasteiger partial charge in [0.05, 0.1) is 17.4 Å². The highest BCUT2D eigenvalue weighted by atomic mass is 32.1. The van der Waals surface area contributed by atoms with Crippen LogP contribution in [-0.2, 0) is 33.0 Å². The van der Waals surface area contributed by atoms with Gasteiger partial charge in [-0.2, -0.15) is 50.9 Å². The van der Waals surface area contributed by atoms with Crippen LogP contribution in [0.1, 0.15) is 24.2 Å². The summed E-state index contributed by atoms with van der Waals surface area (Å²) in [4.78, 5) is 34.2. The van der Waals surface area contributed by atoms with Gasteiger partial charge in [-0.25, -0.2) is 19.4 Å². The number of rotatable bonds is 3. The fraction of sp³-hybridized carbons (Fsp3) is 0.407. The number of carboxylic acid groups (broad SMARTS) is 3. The van der Waals surface area contributed by atoms with Crippen LogP contribution in [0.4, 0.5) is 39.5 Å². The minimum absolute atomic E-state index is 0.0381. The summed E-state index contributed by atoms with van der Waals surface area (Å²) in [5.41, 5.74) is 3.99. The van der Waals surface area contributed by atoms with Crippen LogP contribution >= 0.6 is 11.3 Å². The van der Waals surface area contributed by atoms with Crippen LogP contribution in [-0.4, -0.2) is 85.8 Å². The maximum absolute atomic E-state index is 10.6. The minimum atomic E-state index is -5.08. The number of aromatic nitrogens is 2. The number of hydrogen-bond acceptors (Lipinski definition) is 7. The lowest BCUT2D eigenvalue weighted by molar-refractivity contribution is -0.193. The number of likely N-dealkylation sites (tertiary alicyclic amines) is 1. The Labute approximate surface area is 264 Å². The van der Waals surface area contributed by atoms with Crippen molar-refractivity contribution in [1.29, 1.82) is 0 Å². The quantitative estimate of drug-likeness (QED) is 0.256. The van der Waals surface area contributed by atoms with E-state index in [1.165, 1.54) is 22.6 Å². The van der Waals surface area contributed by atoms with E-state index in [0.29, 0.717) is 0 Å². The number of halogens is 9. The highest BCUT2D eigenvalue weighted by Gasteiger charge is 2.42. The van der Waals surface area contributed by atoms with Gasteiger partial charge in [0.2, 0.25) is 0 Å². The molecule has 1 spiro atoms. The molecular formula is C27H27F9N4O6S. The second kappa shape index (κ2) is 16.1. The fourth-order valence-corrected chi connectivity index (χ4v) is 5.10. The smallest absolute Gasteiger partial charge is 0.475 e. The minimum Gasteiger partial charge on any atom is -0.475 e. The Morgan fingerprint density at radius 2 is 1.30 bits per heavy atom. The second-order valence-corrected chi connectivity index (χ2v) is 10.6. The molecule has 4 N–H and O–H groups in total. The van der Waals surface area contributed by atoms with Gasteiger partial charge in [0.1, 0.15) is 5.82 Å². The fourth-order valence-electron chi connectivity index (χ4n) is 4.44. The molecule has 0 unspecified atom stereocenters. The average molecular weight is 707 g/mol. The molecule has 5 rings (SSSR count). The van der Waals surface area contributed by atoms with Crippen LogP contribution in [0.5, 0.6) is 0 Å². The normalized spacial score (nSPS) is 15.9. The van der Waals surface area contributed by atoms with Crippen LogP contribution in [0, 0.1) is 0 Å². The molecule has 0 atom stereocenters. The van der Waals surface area contributed by atoms with Gasteiger partial charge in [0, 0.05) is 32.7 Å². The number of hydrogen-bond donors (Lipinski definition) is 4. The third kappa shape index (κ3) is 11.9. The summed E-state index contributed by atoms with van der Waals surface area (Å²) in [5.74, 6) is -7.04. The third-order valence-electron chi connectivity index (χ3n) is 6.58. The molecule has 10 nitrogen and oxygen atoms in total. The predicted octanol–water partition coefficient (Wildman–Crippen LogP) is 5.61. The van der Waals surface area contributed by atoms with Crippen molar-refractivity contribution in [2.24, 2.45) is 0 Å². The van der Waals surface area contributed by atoms with E-state index in [1.54, 1.807) is 11.3 Å². The lowest BCUT2D eigenvalue weighted by Crippen LogP contribution is -2.55.